The summed E-state index contributed by atoms with van der Waals surface area (Å²) in [5.74, 6) is 0. The average molecular weight is 233 g/mol. The average Bonchev–Trinajstić information content (AvgIpc) is 2.87. The van der Waals surface area contributed by atoms with E-state index in [1.165, 1.54) is 0 Å². The van der Waals surface area contributed by atoms with E-state index in [2.05, 4.69) is 4.98 Å². The lowest BCUT2D eigenvalue weighted by Crippen LogP contribution is -1.72. The van der Waals surface area contributed by atoms with Crippen LogP contribution in [0.3, 0.4) is 0 Å². The van der Waals surface area contributed by atoms with Crippen LogP contribution in [0.25, 0.3) is 21.3 Å². The summed E-state index contributed by atoms with van der Waals surface area (Å²) in [7, 11) is -1.01. The molecule has 0 saturated carbocycles. The van der Waals surface area contributed by atoms with Gasteiger partial charge in [-0.1, -0.05) is 12.1 Å². The lowest BCUT2D eigenvalue weighted by atomic mass is 10.1. The van der Waals surface area contributed by atoms with Crippen LogP contribution in [0.4, 0.5) is 0 Å². The molecule has 3 aromatic rings. The summed E-state index contributed by atoms with van der Waals surface area (Å²) in [6.07, 6.45) is 0. The SMILES string of the molecule is [O-][s+]1cc(-c2cscn2)c2ccccc21. The maximum Gasteiger partial charge on any atom is 0.180 e. The third-order valence-corrected chi connectivity index (χ3v) is 4.15. The van der Waals surface area contributed by atoms with Crippen molar-refractivity contribution in [1.82, 2.24) is 4.98 Å². The van der Waals surface area contributed by atoms with Crippen molar-refractivity contribution in [3.63, 3.8) is 0 Å². The lowest BCUT2D eigenvalue weighted by molar-refractivity contribution is 0.600. The second-order valence-corrected chi connectivity index (χ2v) is 5.19. The Balaban J connectivity index is 2.37. The molecule has 0 fully saturated rings. The Morgan fingerprint density at radius 3 is 2.93 bits per heavy atom. The van der Waals surface area contributed by atoms with Crippen molar-refractivity contribution in [2.24, 2.45) is 0 Å². The van der Waals surface area contributed by atoms with Crippen LogP contribution >= 0.6 is 22.1 Å². The summed E-state index contributed by atoms with van der Waals surface area (Å²) in [6, 6.07) is 7.77. The Bertz CT molecular complexity index is 598. The van der Waals surface area contributed by atoms with Crippen molar-refractivity contribution >= 4 is 32.2 Å². The Kier molecular flexibility index (Phi) is 2.05. The highest BCUT2D eigenvalue weighted by molar-refractivity contribution is 7.30. The summed E-state index contributed by atoms with van der Waals surface area (Å²) in [5.41, 5.74) is 3.70. The molecule has 74 valence electrons. The zero-order valence-electron chi connectivity index (χ0n) is 7.71. The molecule has 0 N–H and O–H groups in total. The fourth-order valence-corrected chi connectivity index (χ4v) is 3.39. The van der Waals surface area contributed by atoms with Crippen molar-refractivity contribution in [2.75, 3.05) is 0 Å². The number of hydrogen-bond acceptors (Lipinski definition) is 3. The van der Waals surface area contributed by atoms with E-state index < -0.39 is 10.8 Å². The minimum Gasteiger partial charge on any atom is -0.590 e. The fourth-order valence-electron chi connectivity index (χ4n) is 1.64. The number of fused-ring (bicyclic) bond motifs is 1. The van der Waals surface area contributed by atoms with Crippen LogP contribution in [-0.4, -0.2) is 9.54 Å². The molecule has 3 rings (SSSR count). The third kappa shape index (κ3) is 1.38. The maximum atomic E-state index is 11.8. The fraction of sp³-hybridized carbons (Fsp3) is 0. The van der Waals surface area contributed by atoms with Gasteiger partial charge in [-0.3, -0.25) is 0 Å². The molecule has 15 heavy (non-hydrogen) atoms. The van der Waals surface area contributed by atoms with Gasteiger partial charge in [-0.25, -0.2) is 4.98 Å². The van der Waals surface area contributed by atoms with E-state index in [-0.39, 0.29) is 0 Å². The molecule has 1 aromatic carbocycles. The van der Waals surface area contributed by atoms with Gasteiger partial charge in [-0.2, -0.15) is 0 Å². The molecule has 4 heteroatoms. The molecule has 1 unspecified atom stereocenters. The van der Waals surface area contributed by atoms with E-state index in [9.17, 15) is 4.55 Å². The van der Waals surface area contributed by atoms with Gasteiger partial charge in [0.25, 0.3) is 0 Å². The van der Waals surface area contributed by atoms with Crippen molar-refractivity contribution in [1.29, 1.82) is 0 Å². The topological polar surface area (TPSA) is 36.0 Å². The quantitative estimate of drug-likeness (QED) is 0.601. The minimum absolute atomic E-state index is 0.889. The zero-order chi connectivity index (χ0) is 10.3. The largest absolute Gasteiger partial charge is 0.590 e. The van der Waals surface area contributed by atoms with Crippen LogP contribution in [0.1, 0.15) is 0 Å². The standard InChI is InChI=1S/C11H7NOS2/c13-15-6-9(10-5-14-7-12-10)8-3-1-2-4-11(8)15/h1-7H. The smallest absolute Gasteiger partial charge is 0.180 e. The van der Waals surface area contributed by atoms with Gasteiger partial charge in [-0.15, -0.1) is 11.3 Å². The van der Waals surface area contributed by atoms with Crippen molar-refractivity contribution in [2.45, 2.75) is 0 Å². The van der Waals surface area contributed by atoms with Crippen molar-refractivity contribution in [3.05, 3.63) is 40.5 Å². The highest BCUT2D eigenvalue weighted by Gasteiger charge is 2.14. The van der Waals surface area contributed by atoms with E-state index >= 15 is 0 Å². The van der Waals surface area contributed by atoms with Crippen molar-refractivity contribution in [3.8, 4) is 11.3 Å². The molecule has 0 aliphatic heterocycles. The summed E-state index contributed by atoms with van der Waals surface area (Å²) in [5, 5.41) is 4.80. The molecule has 0 spiro atoms. The first-order valence-electron chi connectivity index (χ1n) is 4.46. The number of benzene rings is 1. The first kappa shape index (κ1) is 9.03. The van der Waals surface area contributed by atoms with Crippen LogP contribution < -0.4 is 0 Å². The number of thiazole rings is 1. The zero-order valence-corrected chi connectivity index (χ0v) is 9.35. The van der Waals surface area contributed by atoms with Crippen LogP contribution in [0.5, 0.6) is 0 Å². The van der Waals surface area contributed by atoms with E-state index in [0.717, 1.165) is 21.3 Å². The van der Waals surface area contributed by atoms with Crippen LogP contribution in [0, 0.1) is 0 Å². The van der Waals surface area contributed by atoms with Gasteiger partial charge >= 0.3 is 0 Å². The monoisotopic (exact) mass is 233 g/mol. The third-order valence-electron chi connectivity index (χ3n) is 2.33. The first-order chi connectivity index (χ1) is 7.36. The molecule has 0 bridgehead atoms. The lowest BCUT2D eigenvalue weighted by Gasteiger charge is -1.89. The van der Waals surface area contributed by atoms with Crippen LogP contribution in [0.15, 0.2) is 40.5 Å². The molecule has 0 aliphatic rings. The second kappa shape index (κ2) is 3.41. The van der Waals surface area contributed by atoms with Gasteiger partial charge in [0.2, 0.25) is 0 Å². The summed E-state index contributed by atoms with van der Waals surface area (Å²) in [6.45, 7) is 0. The Morgan fingerprint density at radius 1 is 1.27 bits per heavy atom. The van der Waals surface area contributed by atoms with E-state index in [1.54, 1.807) is 22.2 Å². The van der Waals surface area contributed by atoms with E-state index in [1.807, 2.05) is 29.6 Å². The molecule has 0 radical (unpaired) electrons. The summed E-state index contributed by atoms with van der Waals surface area (Å²) in [4.78, 5) is 4.25. The van der Waals surface area contributed by atoms with Gasteiger partial charge in [-0.05, 0) is 22.9 Å². The number of aromatic nitrogens is 1. The summed E-state index contributed by atoms with van der Waals surface area (Å²) < 4.78 is 12.7. The number of thiophene rings is 1. The highest BCUT2D eigenvalue weighted by Crippen LogP contribution is 2.38. The Morgan fingerprint density at radius 2 is 2.13 bits per heavy atom. The molecule has 2 aromatic heterocycles. The second-order valence-electron chi connectivity index (χ2n) is 3.20. The molecular formula is C11H7NOS2. The Labute approximate surface area is 93.6 Å². The molecule has 2 heterocycles. The molecular weight excluding hydrogens is 226 g/mol. The van der Waals surface area contributed by atoms with Gasteiger partial charge in [0.05, 0.1) is 16.8 Å². The van der Waals surface area contributed by atoms with Gasteiger partial charge in [0.1, 0.15) is 5.38 Å². The van der Waals surface area contributed by atoms with E-state index in [4.69, 9.17) is 0 Å². The predicted octanol–water partition coefficient (Wildman–Crippen LogP) is 3.69. The minimum atomic E-state index is -1.01. The Hall–Kier alpha value is -1.23. The number of hydrogen-bond donors (Lipinski definition) is 0. The molecule has 0 saturated heterocycles. The molecule has 0 aliphatic carbocycles. The molecule has 0 amide bonds. The van der Waals surface area contributed by atoms with Crippen LogP contribution in [0.2, 0.25) is 0 Å². The van der Waals surface area contributed by atoms with Gasteiger partial charge < -0.3 is 4.55 Å². The molecule has 1 atom stereocenters. The maximum absolute atomic E-state index is 11.8. The first-order valence-corrected chi connectivity index (χ1v) is 6.62. The number of nitrogens with zero attached hydrogens (tertiary/aromatic N) is 1. The highest BCUT2D eigenvalue weighted by atomic mass is 32.2. The van der Waals surface area contributed by atoms with Gasteiger partial charge in [0, 0.05) is 10.8 Å². The van der Waals surface area contributed by atoms with E-state index in [0.29, 0.717) is 0 Å². The van der Waals surface area contributed by atoms with Crippen molar-refractivity contribution < 1.29 is 4.55 Å². The van der Waals surface area contributed by atoms with Crippen LogP contribution in [-0.2, 0) is 0 Å². The normalized spacial score (nSPS) is 12.2. The number of rotatable bonds is 1. The summed E-state index contributed by atoms with van der Waals surface area (Å²) >= 11 is 1.55. The molecule has 2 nitrogen and oxygen atoms in total. The van der Waals surface area contributed by atoms with Gasteiger partial charge in [0.15, 0.2) is 4.70 Å². The predicted molar refractivity (Wildman–Crippen MR) is 63.7 cm³/mol.